The molecule has 2 heterocycles. The van der Waals surface area contributed by atoms with Crippen LogP contribution < -0.4 is 10.5 Å². The summed E-state index contributed by atoms with van der Waals surface area (Å²) in [4.78, 5) is 14.1. The highest BCUT2D eigenvalue weighted by Crippen LogP contribution is 2.25. The van der Waals surface area contributed by atoms with E-state index in [-0.39, 0.29) is 16.6 Å². The summed E-state index contributed by atoms with van der Waals surface area (Å²) in [6.07, 6.45) is 2.95. The Kier molecular flexibility index (Phi) is 3.74. The summed E-state index contributed by atoms with van der Waals surface area (Å²) < 4.78 is 24.7. The van der Waals surface area contributed by atoms with Crippen molar-refractivity contribution in [2.45, 2.75) is 30.3 Å². The molecular formula is C12H14N6O4S. The van der Waals surface area contributed by atoms with E-state index in [1.54, 1.807) is 4.68 Å². The fourth-order valence-electron chi connectivity index (χ4n) is 2.53. The Hall–Kier alpha value is -2.53. The van der Waals surface area contributed by atoms with Gasteiger partial charge in [0.15, 0.2) is 0 Å². The average Bonchev–Trinajstić information content (AvgIpc) is 2.93. The van der Waals surface area contributed by atoms with E-state index < -0.39 is 14.9 Å². The number of aromatic nitrogens is 3. The number of hydrogen-bond donors (Lipinski definition) is 2. The quantitative estimate of drug-likeness (QED) is 0.600. The molecule has 0 saturated carbocycles. The molecule has 11 heteroatoms. The molecule has 3 rings (SSSR count). The van der Waals surface area contributed by atoms with Gasteiger partial charge in [-0.2, -0.15) is 5.10 Å². The SMILES string of the molecule is NS(=O)(=O)c1cc(NC2CCc3ncnn3C2)cc([N+](=O)[O-])c1. The van der Waals surface area contributed by atoms with E-state index in [1.807, 2.05) is 0 Å². The summed E-state index contributed by atoms with van der Waals surface area (Å²) in [5, 5.41) is 23.2. The number of nitrogens with two attached hydrogens (primary N) is 1. The van der Waals surface area contributed by atoms with Crippen molar-refractivity contribution >= 4 is 21.4 Å². The van der Waals surface area contributed by atoms with Gasteiger partial charge in [-0.1, -0.05) is 0 Å². The summed E-state index contributed by atoms with van der Waals surface area (Å²) in [5.74, 6) is 0.882. The molecule has 1 atom stereocenters. The number of fused-ring (bicyclic) bond motifs is 1. The Bertz CT molecular complexity index is 862. The predicted molar refractivity (Wildman–Crippen MR) is 80.2 cm³/mol. The summed E-state index contributed by atoms with van der Waals surface area (Å²) in [6, 6.07) is 3.47. The van der Waals surface area contributed by atoms with Crippen molar-refractivity contribution in [2.75, 3.05) is 5.32 Å². The number of benzene rings is 1. The van der Waals surface area contributed by atoms with Gasteiger partial charge in [-0.25, -0.2) is 23.2 Å². The van der Waals surface area contributed by atoms with Crippen molar-refractivity contribution in [3.8, 4) is 0 Å². The van der Waals surface area contributed by atoms with Gasteiger partial charge in [-0.3, -0.25) is 10.1 Å². The molecule has 3 N–H and O–H groups in total. The lowest BCUT2D eigenvalue weighted by Gasteiger charge is -2.24. The minimum absolute atomic E-state index is 0.0421. The molecule has 2 aromatic rings. The van der Waals surface area contributed by atoms with E-state index in [0.717, 1.165) is 18.3 Å². The van der Waals surface area contributed by atoms with Crippen LogP contribution in [0.4, 0.5) is 11.4 Å². The molecule has 0 amide bonds. The van der Waals surface area contributed by atoms with Gasteiger partial charge in [-0.05, 0) is 12.5 Å². The molecule has 0 spiro atoms. The molecule has 1 unspecified atom stereocenters. The lowest BCUT2D eigenvalue weighted by molar-refractivity contribution is -0.385. The highest BCUT2D eigenvalue weighted by Gasteiger charge is 2.22. The second-order valence-electron chi connectivity index (χ2n) is 5.26. The first kappa shape index (κ1) is 15.4. The zero-order valence-corrected chi connectivity index (χ0v) is 12.7. The van der Waals surface area contributed by atoms with Crippen LogP contribution in [0.3, 0.4) is 0 Å². The van der Waals surface area contributed by atoms with Crippen LogP contribution in [0.15, 0.2) is 29.4 Å². The molecule has 1 aliphatic rings. The van der Waals surface area contributed by atoms with Crippen LogP contribution in [0.5, 0.6) is 0 Å². The molecule has 1 aliphatic heterocycles. The van der Waals surface area contributed by atoms with Gasteiger partial charge in [0.05, 0.1) is 16.4 Å². The smallest absolute Gasteiger partial charge is 0.272 e. The number of nitrogens with zero attached hydrogens (tertiary/aromatic N) is 4. The predicted octanol–water partition coefficient (Wildman–Crippen LogP) is 0.261. The zero-order chi connectivity index (χ0) is 16.6. The second kappa shape index (κ2) is 5.59. The maximum Gasteiger partial charge on any atom is 0.272 e. The molecule has 122 valence electrons. The van der Waals surface area contributed by atoms with Crippen molar-refractivity contribution in [2.24, 2.45) is 5.14 Å². The van der Waals surface area contributed by atoms with Gasteiger partial charge in [0, 0.05) is 30.3 Å². The number of primary sulfonamides is 1. The average molecular weight is 338 g/mol. The van der Waals surface area contributed by atoms with Gasteiger partial charge in [-0.15, -0.1) is 0 Å². The minimum Gasteiger partial charge on any atom is -0.380 e. The minimum atomic E-state index is -4.03. The van der Waals surface area contributed by atoms with E-state index in [2.05, 4.69) is 15.4 Å². The van der Waals surface area contributed by atoms with Crippen LogP contribution >= 0.6 is 0 Å². The highest BCUT2D eigenvalue weighted by atomic mass is 32.2. The third-order valence-corrected chi connectivity index (χ3v) is 4.50. The Labute approximate surface area is 131 Å². The Morgan fingerprint density at radius 1 is 1.39 bits per heavy atom. The molecule has 23 heavy (non-hydrogen) atoms. The number of sulfonamides is 1. The molecule has 1 aromatic heterocycles. The normalized spacial score (nSPS) is 17.5. The van der Waals surface area contributed by atoms with Crippen molar-refractivity contribution in [1.82, 2.24) is 14.8 Å². The largest absolute Gasteiger partial charge is 0.380 e. The van der Waals surface area contributed by atoms with E-state index in [1.165, 1.54) is 18.5 Å². The van der Waals surface area contributed by atoms with Gasteiger partial charge in [0.25, 0.3) is 5.69 Å². The summed E-state index contributed by atoms with van der Waals surface area (Å²) in [5.41, 5.74) is -0.00642. The molecule has 0 radical (unpaired) electrons. The van der Waals surface area contributed by atoms with Crippen LogP contribution in [-0.4, -0.2) is 34.1 Å². The molecule has 0 aliphatic carbocycles. The Morgan fingerprint density at radius 3 is 2.87 bits per heavy atom. The number of nitro groups is 1. The Morgan fingerprint density at radius 2 is 2.17 bits per heavy atom. The Balaban J connectivity index is 1.88. The van der Waals surface area contributed by atoms with Crippen LogP contribution in [0.2, 0.25) is 0 Å². The number of non-ortho nitro benzene ring substituents is 1. The molecule has 0 bridgehead atoms. The lowest BCUT2D eigenvalue weighted by Crippen LogP contribution is -2.32. The summed E-state index contributed by atoms with van der Waals surface area (Å²) >= 11 is 0. The third kappa shape index (κ3) is 3.29. The van der Waals surface area contributed by atoms with Crippen molar-refractivity contribution in [3.05, 3.63) is 40.5 Å². The molecule has 0 saturated heterocycles. The van der Waals surface area contributed by atoms with E-state index in [4.69, 9.17) is 5.14 Å². The lowest BCUT2D eigenvalue weighted by atomic mass is 10.1. The highest BCUT2D eigenvalue weighted by molar-refractivity contribution is 7.89. The fourth-order valence-corrected chi connectivity index (χ4v) is 3.10. The topological polar surface area (TPSA) is 146 Å². The van der Waals surface area contributed by atoms with Gasteiger partial charge >= 0.3 is 0 Å². The van der Waals surface area contributed by atoms with Gasteiger partial charge < -0.3 is 5.32 Å². The third-order valence-electron chi connectivity index (χ3n) is 3.61. The molecular weight excluding hydrogens is 324 g/mol. The fraction of sp³-hybridized carbons (Fsp3) is 0.333. The maximum absolute atomic E-state index is 11.5. The maximum atomic E-state index is 11.5. The first-order valence-electron chi connectivity index (χ1n) is 6.78. The number of aryl methyl sites for hydroxylation is 1. The summed E-state index contributed by atoms with van der Waals surface area (Å²) in [6.45, 7) is 0.544. The first-order valence-corrected chi connectivity index (χ1v) is 8.33. The number of nitrogens with one attached hydrogen (secondary N) is 1. The number of anilines is 1. The number of hydrogen-bond acceptors (Lipinski definition) is 7. The first-order chi connectivity index (χ1) is 10.8. The van der Waals surface area contributed by atoms with Crippen LogP contribution in [-0.2, 0) is 23.0 Å². The van der Waals surface area contributed by atoms with Crippen LogP contribution in [0.1, 0.15) is 12.2 Å². The van der Waals surface area contributed by atoms with E-state index in [0.29, 0.717) is 18.7 Å². The van der Waals surface area contributed by atoms with Crippen molar-refractivity contribution in [1.29, 1.82) is 0 Å². The number of nitro benzene ring substituents is 1. The summed E-state index contributed by atoms with van der Waals surface area (Å²) in [7, 11) is -4.03. The molecule has 10 nitrogen and oxygen atoms in total. The van der Waals surface area contributed by atoms with Gasteiger partial charge in [0.2, 0.25) is 10.0 Å². The van der Waals surface area contributed by atoms with Crippen LogP contribution in [0.25, 0.3) is 0 Å². The second-order valence-corrected chi connectivity index (χ2v) is 6.82. The number of rotatable bonds is 4. The van der Waals surface area contributed by atoms with Crippen molar-refractivity contribution in [3.63, 3.8) is 0 Å². The standard InChI is InChI=1S/C12H14N6O4S/c13-23(21,22)11-4-9(3-10(5-11)18(19)20)16-8-1-2-12-14-7-15-17(12)6-8/h3-5,7-8,16H,1-2,6H2,(H2,13,21,22). The van der Waals surface area contributed by atoms with Gasteiger partial charge in [0.1, 0.15) is 12.2 Å². The monoisotopic (exact) mass is 338 g/mol. The van der Waals surface area contributed by atoms with Crippen molar-refractivity contribution < 1.29 is 13.3 Å². The molecule has 0 fully saturated rings. The van der Waals surface area contributed by atoms with E-state index >= 15 is 0 Å². The van der Waals surface area contributed by atoms with E-state index in [9.17, 15) is 18.5 Å². The molecule has 1 aromatic carbocycles. The zero-order valence-electron chi connectivity index (χ0n) is 11.9. The van der Waals surface area contributed by atoms with Crippen LogP contribution in [0, 0.1) is 10.1 Å².